The van der Waals surface area contributed by atoms with E-state index < -0.39 is 5.92 Å². The van der Waals surface area contributed by atoms with Gasteiger partial charge >= 0.3 is 4.87 Å². The third-order valence-corrected chi connectivity index (χ3v) is 12.5. The second kappa shape index (κ2) is 9.41. The van der Waals surface area contributed by atoms with Gasteiger partial charge in [-0.05, 0) is 71.7 Å². The number of amides is 2. The van der Waals surface area contributed by atoms with Crippen LogP contribution < -0.4 is 9.77 Å². The number of aromatic nitrogens is 1. The average Bonchev–Trinajstić information content (AvgIpc) is 3.69. The van der Waals surface area contributed by atoms with E-state index in [9.17, 15) is 18.8 Å². The zero-order chi connectivity index (χ0) is 28.0. The maximum atomic E-state index is 14.0. The number of anilines is 1. The van der Waals surface area contributed by atoms with Crippen LogP contribution in [-0.2, 0) is 16.1 Å². The van der Waals surface area contributed by atoms with E-state index in [0.717, 1.165) is 27.5 Å². The lowest BCUT2D eigenvalue weighted by Gasteiger charge is -2.43. The molecule has 41 heavy (non-hydrogen) atoms. The number of fused-ring (bicyclic) bond motifs is 9. The van der Waals surface area contributed by atoms with Gasteiger partial charge in [-0.2, -0.15) is 0 Å². The SMILES string of the molecule is O=C1[C@H]2[C@@H]3C[C@@H]([C@@H]2C(=O)N1c1ccc(Cl)cc1)[C@@H]1[C@H](c2ccc(F)cc2)c2sc(=O)n(Cc4ccccc4)c2S[C@@H]31. The summed E-state index contributed by atoms with van der Waals surface area (Å²) in [7, 11) is 0. The predicted molar refractivity (Wildman–Crippen MR) is 158 cm³/mol. The van der Waals surface area contributed by atoms with Crippen LogP contribution in [0.25, 0.3) is 0 Å². The molecule has 0 spiro atoms. The first kappa shape index (κ1) is 25.5. The smallest absolute Gasteiger partial charge is 0.289 e. The summed E-state index contributed by atoms with van der Waals surface area (Å²) in [5.41, 5.74) is 2.55. The van der Waals surface area contributed by atoms with E-state index in [0.29, 0.717) is 17.3 Å². The molecule has 8 rings (SSSR count). The Bertz CT molecular complexity index is 1750. The van der Waals surface area contributed by atoms with E-state index in [1.54, 1.807) is 36.0 Å². The van der Waals surface area contributed by atoms with Gasteiger partial charge in [0.15, 0.2) is 0 Å². The van der Waals surface area contributed by atoms with Crippen LogP contribution in [-0.4, -0.2) is 21.6 Å². The largest absolute Gasteiger partial charge is 0.308 e. The fourth-order valence-corrected chi connectivity index (χ4v) is 11.2. The van der Waals surface area contributed by atoms with Crippen LogP contribution in [0.3, 0.4) is 0 Å². The highest BCUT2D eigenvalue weighted by atomic mass is 35.5. The fourth-order valence-electron chi connectivity index (χ4n) is 7.91. The number of hydrogen-bond acceptors (Lipinski definition) is 5. The Morgan fingerprint density at radius 1 is 0.854 bits per heavy atom. The van der Waals surface area contributed by atoms with Crippen molar-refractivity contribution in [3.8, 4) is 0 Å². The lowest BCUT2D eigenvalue weighted by molar-refractivity contribution is -0.123. The molecule has 0 unspecified atom stereocenters. The van der Waals surface area contributed by atoms with E-state index in [1.807, 2.05) is 47.0 Å². The van der Waals surface area contributed by atoms with E-state index in [4.69, 9.17) is 11.6 Å². The molecule has 7 atom stereocenters. The van der Waals surface area contributed by atoms with Crippen molar-refractivity contribution in [2.75, 3.05) is 4.90 Å². The quantitative estimate of drug-likeness (QED) is 0.253. The summed E-state index contributed by atoms with van der Waals surface area (Å²) in [5.74, 6) is -1.41. The van der Waals surface area contributed by atoms with Crippen molar-refractivity contribution in [2.24, 2.45) is 29.6 Å². The van der Waals surface area contributed by atoms with Crippen molar-refractivity contribution >= 4 is 52.2 Å². The minimum atomic E-state index is -0.391. The lowest BCUT2D eigenvalue weighted by atomic mass is 9.68. The number of hydrogen-bond donors (Lipinski definition) is 0. The molecular weight excluding hydrogens is 579 g/mol. The highest BCUT2D eigenvalue weighted by Crippen LogP contribution is 2.69. The molecule has 2 saturated carbocycles. The van der Waals surface area contributed by atoms with Gasteiger partial charge in [0.2, 0.25) is 11.8 Å². The molecular formula is C32H24ClFN2O3S2. The molecule has 1 saturated heterocycles. The molecule has 2 aliphatic carbocycles. The average molecular weight is 603 g/mol. The summed E-state index contributed by atoms with van der Waals surface area (Å²) >= 11 is 9.05. The zero-order valence-corrected chi connectivity index (χ0v) is 24.0. The number of benzene rings is 3. The Morgan fingerprint density at radius 3 is 2.24 bits per heavy atom. The van der Waals surface area contributed by atoms with Gasteiger partial charge in [-0.15, -0.1) is 11.8 Å². The molecule has 0 radical (unpaired) electrons. The topological polar surface area (TPSA) is 59.4 Å². The molecule has 9 heteroatoms. The number of nitrogens with zero attached hydrogens (tertiary/aromatic N) is 2. The number of rotatable bonds is 4. The molecule has 206 valence electrons. The molecule has 4 aliphatic rings. The first-order valence-corrected chi connectivity index (χ1v) is 15.8. The number of carbonyl (C=O) groups excluding carboxylic acids is 2. The van der Waals surface area contributed by atoms with Gasteiger partial charge in [-0.3, -0.25) is 23.9 Å². The minimum Gasteiger partial charge on any atom is -0.289 e. The highest BCUT2D eigenvalue weighted by molar-refractivity contribution is 8.00. The third kappa shape index (κ3) is 3.76. The molecule has 0 N–H and O–H groups in total. The second-order valence-electron chi connectivity index (χ2n) is 11.4. The summed E-state index contributed by atoms with van der Waals surface area (Å²) < 4.78 is 15.9. The Morgan fingerprint density at radius 2 is 1.54 bits per heavy atom. The van der Waals surface area contributed by atoms with E-state index in [1.165, 1.54) is 28.4 Å². The maximum absolute atomic E-state index is 14.0. The first-order chi connectivity index (χ1) is 19.9. The van der Waals surface area contributed by atoms with Gasteiger partial charge in [0.25, 0.3) is 0 Å². The molecule has 2 bridgehead atoms. The van der Waals surface area contributed by atoms with E-state index in [-0.39, 0.29) is 57.3 Å². The van der Waals surface area contributed by atoms with Crippen molar-refractivity contribution in [2.45, 2.75) is 29.2 Å². The number of carbonyl (C=O) groups is 2. The molecule has 1 aromatic heterocycles. The summed E-state index contributed by atoms with van der Waals surface area (Å²) in [6.07, 6.45) is 0.805. The van der Waals surface area contributed by atoms with Crippen LogP contribution in [0.4, 0.5) is 10.1 Å². The monoisotopic (exact) mass is 602 g/mol. The van der Waals surface area contributed by atoms with Crippen LogP contribution in [0.15, 0.2) is 88.7 Å². The molecule has 3 heterocycles. The Kier molecular flexibility index (Phi) is 5.85. The first-order valence-electron chi connectivity index (χ1n) is 13.7. The van der Waals surface area contributed by atoms with Crippen LogP contribution in [0.1, 0.15) is 28.3 Å². The summed E-state index contributed by atoms with van der Waals surface area (Å²) in [5, 5.41) is 1.56. The Labute approximate surface area is 249 Å². The van der Waals surface area contributed by atoms with Gasteiger partial charge < -0.3 is 0 Å². The van der Waals surface area contributed by atoms with Gasteiger partial charge in [-0.1, -0.05) is 65.4 Å². The van der Waals surface area contributed by atoms with Gasteiger partial charge in [0.1, 0.15) is 5.82 Å². The summed E-state index contributed by atoms with van der Waals surface area (Å²) in [4.78, 5) is 43.5. The molecule has 4 aromatic rings. The molecule has 3 aromatic carbocycles. The second-order valence-corrected chi connectivity index (χ2v) is 14.0. The third-order valence-electron chi connectivity index (χ3n) is 9.45. The van der Waals surface area contributed by atoms with Crippen LogP contribution >= 0.6 is 34.7 Å². The number of imide groups is 1. The van der Waals surface area contributed by atoms with Crippen molar-refractivity contribution in [3.05, 3.63) is 115 Å². The van der Waals surface area contributed by atoms with Gasteiger partial charge in [0, 0.05) is 21.1 Å². The van der Waals surface area contributed by atoms with Crippen LogP contribution in [0, 0.1) is 35.4 Å². The van der Waals surface area contributed by atoms with Crippen LogP contribution in [0.5, 0.6) is 0 Å². The van der Waals surface area contributed by atoms with Crippen molar-refractivity contribution in [1.29, 1.82) is 0 Å². The highest BCUT2D eigenvalue weighted by Gasteiger charge is 2.69. The molecule has 2 amide bonds. The lowest BCUT2D eigenvalue weighted by Crippen LogP contribution is -2.43. The zero-order valence-electron chi connectivity index (χ0n) is 21.7. The normalized spacial score (nSPS) is 29.5. The summed E-state index contributed by atoms with van der Waals surface area (Å²) in [6, 6.07) is 23.3. The predicted octanol–water partition coefficient (Wildman–Crippen LogP) is 6.43. The van der Waals surface area contributed by atoms with Crippen molar-refractivity contribution in [3.63, 3.8) is 0 Å². The number of thiazole rings is 1. The standard InChI is InChI=1S/C32H24ClFN2O3S2/c33-18-8-12-20(13-9-18)36-29(37)25-21-14-22(26(25)30(36)38)27-24(21)23(17-6-10-19(34)11-7-17)28-31(40-27)35(32(39)41-28)15-16-4-2-1-3-5-16/h1-13,21-27H,14-15H2/t21-,22+,23+,24-,25+,26+,27+/m1/s1. The van der Waals surface area contributed by atoms with E-state index >= 15 is 0 Å². The van der Waals surface area contributed by atoms with Crippen molar-refractivity contribution in [1.82, 2.24) is 4.57 Å². The van der Waals surface area contributed by atoms with Crippen LogP contribution in [0.2, 0.25) is 5.02 Å². The molecule has 2 aliphatic heterocycles. The van der Waals surface area contributed by atoms with Crippen molar-refractivity contribution < 1.29 is 14.0 Å². The summed E-state index contributed by atoms with van der Waals surface area (Å²) in [6.45, 7) is 0.466. The molecule has 3 fully saturated rings. The van der Waals surface area contributed by atoms with E-state index in [2.05, 4.69) is 0 Å². The Balaban J connectivity index is 1.23. The number of halogens is 2. The fraction of sp³-hybridized carbons (Fsp3) is 0.281. The van der Waals surface area contributed by atoms with Gasteiger partial charge in [0.05, 0.1) is 29.1 Å². The molecule has 5 nitrogen and oxygen atoms in total. The Hall–Kier alpha value is -3.20. The number of thioether (sulfide) groups is 1. The minimum absolute atomic E-state index is 0.000714. The maximum Gasteiger partial charge on any atom is 0.308 e. The van der Waals surface area contributed by atoms with Gasteiger partial charge in [-0.25, -0.2) is 4.39 Å².